The number of nitrogens with zero attached hydrogens (tertiary/aromatic N) is 4. The van der Waals surface area contributed by atoms with Gasteiger partial charge in [0, 0.05) is 23.4 Å². The van der Waals surface area contributed by atoms with Gasteiger partial charge in [0.15, 0.2) is 20.1 Å². The Morgan fingerprint density at radius 3 is 2.81 bits per heavy atom. The molecule has 3 heterocycles. The van der Waals surface area contributed by atoms with Crippen LogP contribution < -0.4 is 5.32 Å². The van der Waals surface area contributed by atoms with E-state index in [4.69, 9.17) is 0 Å². The second-order valence-corrected chi connectivity index (χ2v) is 11.3. The fraction of sp³-hybridized carbons (Fsp3) is 0.300. The molecule has 0 bridgehead atoms. The number of allylic oxidation sites excluding steroid dienone is 1. The average Bonchev–Trinajstić information content (AvgIpc) is 3.46. The lowest BCUT2D eigenvalue weighted by atomic mass is 10.1. The molecule has 1 saturated heterocycles. The maximum absolute atomic E-state index is 13.1. The first kappa shape index (κ1) is 22.6. The number of nitrogens with one attached hydrogen (secondary N) is 1. The Kier molecular flexibility index (Phi) is 6.72. The van der Waals surface area contributed by atoms with Crippen LogP contribution in [0.5, 0.6) is 0 Å². The molecular formula is C20H20FN5O3S3. The minimum Gasteiger partial charge on any atom is -0.302 e. The van der Waals surface area contributed by atoms with Gasteiger partial charge in [-0.25, -0.2) is 17.8 Å². The van der Waals surface area contributed by atoms with Crippen molar-refractivity contribution in [3.63, 3.8) is 0 Å². The van der Waals surface area contributed by atoms with Gasteiger partial charge in [-0.05, 0) is 30.7 Å². The number of benzene rings is 1. The van der Waals surface area contributed by atoms with E-state index in [1.165, 1.54) is 35.2 Å². The molecule has 1 unspecified atom stereocenters. The molecule has 1 aliphatic rings. The second-order valence-electron chi connectivity index (χ2n) is 7.22. The van der Waals surface area contributed by atoms with Crippen molar-refractivity contribution in [2.75, 3.05) is 22.6 Å². The maximum Gasteiger partial charge on any atom is 0.236 e. The van der Waals surface area contributed by atoms with Crippen LogP contribution in [0.15, 0.2) is 47.5 Å². The standard InChI is InChI=1S/C20H20FN5O3S3/c1-2-8-26-18(14-7-9-32(28,29)12-14)24-25-20(26)31-11-17(27)23-19-22-16(10-30-19)13-3-5-15(21)6-4-13/h2-6,10,14H,1,7-9,11-12H2,(H,22,23,27). The molecule has 0 aliphatic carbocycles. The molecule has 1 amide bonds. The van der Waals surface area contributed by atoms with E-state index in [0.29, 0.717) is 34.8 Å². The highest BCUT2D eigenvalue weighted by atomic mass is 32.2. The molecule has 4 rings (SSSR count). The quantitative estimate of drug-likeness (QED) is 0.379. The first-order chi connectivity index (χ1) is 15.3. The van der Waals surface area contributed by atoms with Crippen molar-refractivity contribution in [3.8, 4) is 11.3 Å². The fourth-order valence-corrected chi connectivity index (χ4v) is 6.61. The first-order valence-electron chi connectivity index (χ1n) is 9.73. The number of sulfone groups is 1. The first-order valence-corrected chi connectivity index (χ1v) is 13.4. The Balaban J connectivity index is 1.39. The van der Waals surface area contributed by atoms with Crippen LogP contribution in [0.3, 0.4) is 0 Å². The molecule has 0 saturated carbocycles. The summed E-state index contributed by atoms with van der Waals surface area (Å²) in [6.45, 7) is 4.17. The van der Waals surface area contributed by atoms with Crippen LogP contribution in [0.1, 0.15) is 18.2 Å². The topological polar surface area (TPSA) is 107 Å². The Bertz CT molecular complexity index is 1240. The number of thiazole rings is 1. The molecule has 32 heavy (non-hydrogen) atoms. The van der Waals surface area contributed by atoms with Crippen LogP contribution in [0.4, 0.5) is 9.52 Å². The summed E-state index contributed by atoms with van der Waals surface area (Å²) in [5.74, 6) is 0.132. The van der Waals surface area contributed by atoms with E-state index < -0.39 is 9.84 Å². The summed E-state index contributed by atoms with van der Waals surface area (Å²) < 4.78 is 38.6. The molecule has 1 aromatic carbocycles. The number of aromatic nitrogens is 4. The summed E-state index contributed by atoms with van der Waals surface area (Å²) in [4.78, 5) is 16.8. The van der Waals surface area contributed by atoms with Gasteiger partial charge in [-0.2, -0.15) is 0 Å². The number of amides is 1. The summed E-state index contributed by atoms with van der Waals surface area (Å²) in [6.07, 6.45) is 2.20. The van der Waals surface area contributed by atoms with Gasteiger partial charge in [-0.1, -0.05) is 17.8 Å². The number of halogens is 1. The van der Waals surface area contributed by atoms with Crippen LogP contribution in [0.25, 0.3) is 11.3 Å². The summed E-state index contributed by atoms with van der Waals surface area (Å²) >= 11 is 2.50. The van der Waals surface area contributed by atoms with Crippen molar-refractivity contribution in [1.29, 1.82) is 0 Å². The van der Waals surface area contributed by atoms with Gasteiger partial charge >= 0.3 is 0 Å². The molecule has 1 N–H and O–H groups in total. The zero-order valence-corrected chi connectivity index (χ0v) is 19.3. The van der Waals surface area contributed by atoms with E-state index >= 15 is 0 Å². The number of rotatable bonds is 8. The van der Waals surface area contributed by atoms with Crippen molar-refractivity contribution in [3.05, 3.63) is 53.9 Å². The van der Waals surface area contributed by atoms with Gasteiger partial charge in [-0.3, -0.25) is 4.79 Å². The molecule has 1 atom stereocenters. The van der Waals surface area contributed by atoms with E-state index in [1.807, 2.05) is 4.57 Å². The third-order valence-corrected chi connectivity index (χ3v) is 8.37. The van der Waals surface area contributed by atoms with E-state index in [0.717, 1.165) is 5.56 Å². The minimum atomic E-state index is -3.05. The lowest BCUT2D eigenvalue weighted by molar-refractivity contribution is -0.113. The van der Waals surface area contributed by atoms with Crippen LogP contribution in [-0.4, -0.2) is 51.3 Å². The highest BCUT2D eigenvalue weighted by molar-refractivity contribution is 7.99. The number of carbonyl (C=O) groups is 1. The largest absolute Gasteiger partial charge is 0.302 e. The van der Waals surface area contributed by atoms with Gasteiger partial charge in [0.25, 0.3) is 0 Å². The van der Waals surface area contributed by atoms with Crippen LogP contribution in [-0.2, 0) is 21.2 Å². The number of anilines is 1. The highest BCUT2D eigenvalue weighted by Crippen LogP contribution is 2.30. The van der Waals surface area contributed by atoms with E-state index in [-0.39, 0.29) is 34.9 Å². The van der Waals surface area contributed by atoms with Crippen molar-refractivity contribution in [2.24, 2.45) is 0 Å². The van der Waals surface area contributed by atoms with Gasteiger partial charge in [0.1, 0.15) is 11.6 Å². The van der Waals surface area contributed by atoms with Crippen LogP contribution in [0.2, 0.25) is 0 Å². The van der Waals surface area contributed by atoms with E-state index in [1.54, 1.807) is 23.6 Å². The van der Waals surface area contributed by atoms with E-state index in [9.17, 15) is 17.6 Å². The van der Waals surface area contributed by atoms with Gasteiger partial charge in [0.2, 0.25) is 5.91 Å². The van der Waals surface area contributed by atoms with Crippen molar-refractivity contribution in [1.82, 2.24) is 19.7 Å². The SMILES string of the molecule is C=CCn1c(SCC(=O)Nc2nc(-c3ccc(F)cc3)cs2)nnc1C1CCS(=O)(=O)C1. The molecule has 2 aromatic heterocycles. The number of hydrogen-bond donors (Lipinski definition) is 1. The predicted octanol–water partition coefficient (Wildman–Crippen LogP) is 3.36. The number of thioether (sulfide) groups is 1. The highest BCUT2D eigenvalue weighted by Gasteiger charge is 2.33. The molecule has 0 spiro atoms. The molecule has 8 nitrogen and oxygen atoms in total. The summed E-state index contributed by atoms with van der Waals surface area (Å²) in [5.41, 5.74) is 1.41. The van der Waals surface area contributed by atoms with Crippen molar-refractivity contribution < 1.29 is 17.6 Å². The lowest BCUT2D eigenvalue weighted by Crippen LogP contribution is -2.15. The zero-order chi connectivity index (χ0) is 22.7. The Hall–Kier alpha value is -2.57. The monoisotopic (exact) mass is 493 g/mol. The molecule has 1 aliphatic heterocycles. The lowest BCUT2D eigenvalue weighted by Gasteiger charge is -2.11. The van der Waals surface area contributed by atoms with Crippen molar-refractivity contribution in [2.45, 2.75) is 24.0 Å². The second kappa shape index (κ2) is 9.51. The van der Waals surface area contributed by atoms with Gasteiger partial charge < -0.3 is 9.88 Å². The third kappa shape index (κ3) is 5.25. The van der Waals surface area contributed by atoms with Gasteiger partial charge in [0.05, 0.1) is 23.0 Å². The smallest absolute Gasteiger partial charge is 0.236 e. The third-order valence-electron chi connectivity index (χ3n) is 4.88. The fourth-order valence-electron chi connectivity index (χ4n) is 3.38. The molecule has 1 fully saturated rings. The summed E-state index contributed by atoms with van der Waals surface area (Å²) in [7, 11) is -3.05. The zero-order valence-electron chi connectivity index (χ0n) is 16.9. The molecule has 168 valence electrons. The number of hydrogen-bond acceptors (Lipinski definition) is 8. The molecule has 3 aromatic rings. The van der Waals surface area contributed by atoms with Crippen LogP contribution >= 0.6 is 23.1 Å². The molecule has 12 heteroatoms. The van der Waals surface area contributed by atoms with E-state index in [2.05, 4.69) is 27.1 Å². The molecular weight excluding hydrogens is 473 g/mol. The molecule has 0 radical (unpaired) electrons. The Morgan fingerprint density at radius 2 is 2.12 bits per heavy atom. The number of carbonyl (C=O) groups excluding carboxylic acids is 1. The van der Waals surface area contributed by atoms with Gasteiger partial charge in [-0.15, -0.1) is 28.1 Å². The average molecular weight is 494 g/mol. The predicted molar refractivity (Wildman–Crippen MR) is 123 cm³/mol. The Labute approximate surface area is 192 Å². The summed E-state index contributed by atoms with van der Waals surface area (Å²) in [6, 6.07) is 5.98. The summed E-state index contributed by atoms with van der Waals surface area (Å²) in [5, 5.41) is 13.9. The van der Waals surface area contributed by atoms with Crippen LogP contribution in [0, 0.1) is 5.82 Å². The Morgan fingerprint density at radius 1 is 1.34 bits per heavy atom. The normalized spacial score (nSPS) is 17.3. The maximum atomic E-state index is 13.1. The van der Waals surface area contributed by atoms with Crippen molar-refractivity contribution >= 4 is 44.0 Å². The minimum absolute atomic E-state index is 0.0634.